The molecule has 3 heteroatoms. The van der Waals surface area contributed by atoms with Gasteiger partial charge in [-0.05, 0) is 49.4 Å². The molecule has 0 N–H and O–H groups in total. The molecular weight excluding hydrogens is 372 g/mol. The van der Waals surface area contributed by atoms with E-state index in [1.807, 2.05) is 11.8 Å². The molecule has 22 heavy (non-hydrogen) atoms. The predicted octanol–water partition coefficient (Wildman–Crippen LogP) is 6.59. The topological polar surface area (TPSA) is 0 Å². The van der Waals surface area contributed by atoms with Gasteiger partial charge in [0.25, 0.3) is 0 Å². The van der Waals surface area contributed by atoms with Crippen molar-refractivity contribution in [3.05, 3.63) is 83.9 Å². The SMILES string of the molecule is CCSC1=S(Br)C(c2ccccc2)=CC(c2ccccc2)=C1. The van der Waals surface area contributed by atoms with Crippen molar-refractivity contribution in [3.63, 3.8) is 0 Å². The molecule has 0 amide bonds. The number of halogens is 1. The number of hydrogen-bond donors (Lipinski definition) is 0. The van der Waals surface area contributed by atoms with Crippen molar-refractivity contribution in [1.29, 1.82) is 0 Å². The molecule has 1 unspecified atom stereocenters. The minimum Gasteiger partial charge on any atom is -0.119 e. The van der Waals surface area contributed by atoms with Gasteiger partial charge in [0.05, 0.1) is 0 Å². The highest BCUT2D eigenvalue weighted by molar-refractivity contribution is 9.54. The molecule has 112 valence electrons. The first kappa shape index (κ1) is 15.9. The van der Waals surface area contributed by atoms with Crippen LogP contribution >= 0.6 is 35.5 Å². The molecule has 2 aromatic carbocycles. The van der Waals surface area contributed by atoms with Gasteiger partial charge in [0.15, 0.2) is 0 Å². The Morgan fingerprint density at radius 1 is 0.864 bits per heavy atom. The maximum atomic E-state index is 3.92. The largest absolute Gasteiger partial charge is 0.119 e. The summed E-state index contributed by atoms with van der Waals surface area (Å²) >= 11 is 5.84. The maximum Gasteiger partial charge on any atom is 0.0462 e. The van der Waals surface area contributed by atoms with Crippen molar-refractivity contribution in [2.45, 2.75) is 6.92 Å². The van der Waals surface area contributed by atoms with Crippen LogP contribution in [-0.4, -0.2) is 9.95 Å². The third-order valence-electron chi connectivity index (χ3n) is 3.38. The summed E-state index contributed by atoms with van der Waals surface area (Å²) in [5.41, 5.74) is 3.85. The Morgan fingerprint density at radius 2 is 1.45 bits per heavy atom. The Kier molecular flexibility index (Phi) is 5.40. The first-order valence-corrected chi connectivity index (χ1v) is 11.3. The van der Waals surface area contributed by atoms with Crippen LogP contribution in [0, 0.1) is 0 Å². The van der Waals surface area contributed by atoms with Gasteiger partial charge in [0.1, 0.15) is 0 Å². The Hall–Kier alpha value is -1.03. The van der Waals surface area contributed by atoms with Crippen LogP contribution in [-0.2, 0) is 0 Å². The van der Waals surface area contributed by atoms with Crippen LogP contribution in [0.5, 0.6) is 0 Å². The standard InChI is InChI=1S/C19H17BrS2/c1-2-21-19-14-17(15-9-5-3-6-10-15)13-18(22(19)20)16-11-7-4-8-12-16/h3-14H,2H2,1H3. The van der Waals surface area contributed by atoms with Crippen LogP contribution in [0.1, 0.15) is 18.1 Å². The average Bonchev–Trinajstić information content (AvgIpc) is 2.58. The molecule has 0 aromatic heterocycles. The van der Waals surface area contributed by atoms with E-state index in [9.17, 15) is 0 Å². The highest BCUT2D eigenvalue weighted by Crippen LogP contribution is 2.48. The van der Waals surface area contributed by atoms with Crippen LogP contribution in [0.25, 0.3) is 10.5 Å². The second-order valence-corrected chi connectivity index (χ2v) is 9.75. The van der Waals surface area contributed by atoms with Gasteiger partial charge in [0, 0.05) is 9.10 Å². The minimum absolute atomic E-state index is 0.0343. The monoisotopic (exact) mass is 388 g/mol. The van der Waals surface area contributed by atoms with Gasteiger partial charge in [-0.2, -0.15) is 0 Å². The molecule has 1 aliphatic heterocycles. The molecule has 0 spiro atoms. The Bertz CT molecular complexity index is 744. The molecule has 0 nitrogen and oxygen atoms in total. The number of hydrogen-bond acceptors (Lipinski definition) is 1. The lowest BCUT2D eigenvalue weighted by molar-refractivity contribution is 1.54. The fourth-order valence-electron chi connectivity index (χ4n) is 2.34. The van der Waals surface area contributed by atoms with E-state index in [0.29, 0.717) is 0 Å². The zero-order valence-electron chi connectivity index (χ0n) is 12.3. The minimum atomic E-state index is -0.0343. The summed E-state index contributed by atoms with van der Waals surface area (Å²) in [7, 11) is -0.0343. The summed E-state index contributed by atoms with van der Waals surface area (Å²) in [6, 6.07) is 21.3. The summed E-state index contributed by atoms with van der Waals surface area (Å²) in [5, 5.41) is 0. The van der Waals surface area contributed by atoms with E-state index in [4.69, 9.17) is 0 Å². The van der Waals surface area contributed by atoms with Crippen molar-refractivity contribution >= 4 is 50.2 Å². The third-order valence-corrected chi connectivity index (χ3v) is 8.87. The Balaban J connectivity index is 2.12. The van der Waals surface area contributed by atoms with Crippen molar-refractivity contribution in [1.82, 2.24) is 0 Å². The molecule has 0 bridgehead atoms. The normalized spacial score (nSPS) is 17.9. The van der Waals surface area contributed by atoms with E-state index < -0.39 is 0 Å². The third kappa shape index (κ3) is 3.48. The van der Waals surface area contributed by atoms with Crippen molar-refractivity contribution in [3.8, 4) is 0 Å². The summed E-state index contributed by atoms with van der Waals surface area (Å²) in [6.45, 7) is 2.21. The lowest BCUT2D eigenvalue weighted by Gasteiger charge is -2.19. The van der Waals surface area contributed by atoms with Gasteiger partial charge in [-0.15, -0.1) is 11.8 Å². The second kappa shape index (κ2) is 7.49. The van der Waals surface area contributed by atoms with Crippen LogP contribution in [0.2, 0.25) is 0 Å². The van der Waals surface area contributed by atoms with Gasteiger partial charge in [0.2, 0.25) is 0 Å². The summed E-state index contributed by atoms with van der Waals surface area (Å²) in [4.78, 5) is 1.36. The second-order valence-electron chi connectivity index (χ2n) is 4.85. The smallest absolute Gasteiger partial charge is 0.0462 e. The quantitative estimate of drug-likeness (QED) is 0.534. The zero-order valence-corrected chi connectivity index (χ0v) is 15.5. The first-order chi connectivity index (χ1) is 10.8. The zero-order chi connectivity index (χ0) is 15.4. The summed E-state index contributed by atoms with van der Waals surface area (Å²) in [5.74, 6) is 1.09. The van der Waals surface area contributed by atoms with Crippen LogP contribution in [0.4, 0.5) is 0 Å². The molecule has 1 heterocycles. The predicted molar refractivity (Wildman–Crippen MR) is 108 cm³/mol. The van der Waals surface area contributed by atoms with Gasteiger partial charge in [-0.25, -0.2) is 0 Å². The van der Waals surface area contributed by atoms with Crippen molar-refractivity contribution in [2.75, 3.05) is 5.75 Å². The highest BCUT2D eigenvalue weighted by Gasteiger charge is 2.16. The van der Waals surface area contributed by atoms with Gasteiger partial charge < -0.3 is 0 Å². The van der Waals surface area contributed by atoms with E-state index in [0.717, 1.165) is 5.75 Å². The molecule has 0 aliphatic carbocycles. The molecule has 0 saturated carbocycles. The summed E-state index contributed by atoms with van der Waals surface area (Å²) < 4.78 is 1.41. The van der Waals surface area contributed by atoms with E-state index in [-0.39, 0.29) is 8.92 Å². The molecule has 1 aliphatic rings. The van der Waals surface area contributed by atoms with Crippen LogP contribution < -0.4 is 0 Å². The number of rotatable bonds is 3. The lowest BCUT2D eigenvalue weighted by Crippen LogP contribution is -1.97. The fraction of sp³-hybridized carbons (Fsp3) is 0.105. The number of benzene rings is 2. The van der Waals surface area contributed by atoms with Crippen molar-refractivity contribution < 1.29 is 0 Å². The molecule has 0 saturated heterocycles. The average molecular weight is 389 g/mol. The van der Waals surface area contributed by atoms with Crippen LogP contribution in [0.15, 0.2) is 72.8 Å². The van der Waals surface area contributed by atoms with Gasteiger partial charge >= 0.3 is 0 Å². The number of thioether (sulfide) groups is 1. The van der Waals surface area contributed by atoms with E-state index in [2.05, 4.69) is 94.6 Å². The Labute approximate surface area is 146 Å². The highest BCUT2D eigenvalue weighted by atomic mass is 79.9. The van der Waals surface area contributed by atoms with Gasteiger partial charge in [-0.3, -0.25) is 0 Å². The van der Waals surface area contributed by atoms with Gasteiger partial charge in [-0.1, -0.05) is 76.5 Å². The first-order valence-electron chi connectivity index (χ1n) is 7.24. The lowest BCUT2D eigenvalue weighted by atomic mass is 10.0. The molecule has 0 radical (unpaired) electrons. The van der Waals surface area contributed by atoms with E-state index in [1.165, 1.54) is 25.8 Å². The van der Waals surface area contributed by atoms with E-state index >= 15 is 0 Å². The maximum absolute atomic E-state index is 3.92. The number of allylic oxidation sites excluding steroid dienone is 2. The fourth-order valence-corrected chi connectivity index (χ4v) is 6.86. The molecule has 0 fully saturated rings. The Morgan fingerprint density at radius 3 is 2.05 bits per heavy atom. The molecule has 2 aromatic rings. The molecule has 3 rings (SSSR count). The molecular formula is C19H17BrS2. The molecule has 1 atom stereocenters. The van der Waals surface area contributed by atoms with Crippen LogP contribution in [0.3, 0.4) is 0 Å². The summed E-state index contributed by atoms with van der Waals surface area (Å²) in [6.07, 6.45) is 4.65. The van der Waals surface area contributed by atoms with Crippen molar-refractivity contribution in [2.24, 2.45) is 0 Å². The van der Waals surface area contributed by atoms with E-state index in [1.54, 1.807) is 0 Å².